The average Bonchev–Trinajstić information content (AvgIpc) is 2.47. The predicted octanol–water partition coefficient (Wildman–Crippen LogP) is 2.60. The highest BCUT2D eigenvalue weighted by Gasteiger charge is 2.39. The molecule has 1 heterocycles. The quantitative estimate of drug-likeness (QED) is 0.476. The largest absolute Gasteiger partial charge is 0.454 e. The minimum atomic E-state index is -0.279. The van der Waals surface area contributed by atoms with Crippen molar-refractivity contribution < 1.29 is 14.6 Å². The van der Waals surface area contributed by atoms with Crippen molar-refractivity contribution in [1.82, 2.24) is 0 Å². The highest BCUT2D eigenvalue weighted by Crippen LogP contribution is 2.38. The number of carbonyl (C=O) groups excluding carboxylic acids is 1. The fourth-order valence-electron chi connectivity index (χ4n) is 2.82. The first-order valence-electron chi connectivity index (χ1n) is 6.77. The molecule has 4 atom stereocenters. The van der Waals surface area contributed by atoms with E-state index in [0.717, 1.165) is 25.7 Å². The molecule has 2 aliphatic rings. The van der Waals surface area contributed by atoms with Crippen molar-refractivity contribution in [3.63, 3.8) is 0 Å². The summed E-state index contributed by atoms with van der Waals surface area (Å²) in [4.78, 5) is 11.5. The van der Waals surface area contributed by atoms with Crippen molar-refractivity contribution in [1.29, 1.82) is 0 Å². The number of carbonyl (C=O) groups is 1. The molecule has 1 saturated heterocycles. The third-order valence-electron chi connectivity index (χ3n) is 4.12. The fourth-order valence-corrected chi connectivity index (χ4v) is 2.82. The Morgan fingerprint density at radius 2 is 2.28 bits per heavy atom. The summed E-state index contributed by atoms with van der Waals surface area (Å²) in [7, 11) is 0. The van der Waals surface area contributed by atoms with Crippen molar-refractivity contribution >= 4 is 5.97 Å². The van der Waals surface area contributed by atoms with E-state index in [9.17, 15) is 9.90 Å². The average molecular weight is 250 g/mol. The SMILES string of the molecule is C=C1C(=O)O[C@@H]2C=C(CC[C@H](C)O)[C@@H](C)CC[C@@H]12. The molecule has 1 N–H and O–H groups in total. The van der Waals surface area contributed by atoms with Gasteiger partial charge in [-0.05, 0) is 44.6 Å². The van der Waals surface area contributed by atoms with Crippen LogP contribution in [0.25, 0.3) is 0 Å². The van der Waals surface area contributed by atoms with Gasteiger partial charge in [-0.2, -0.15) is 0 Å². The second kappa shape index (κ2) is 5.27. The van der Waals surface area contributed by atoms with Gasteiger partial charge in [0.1, 0.15) is 6.10 Å². The molecule has 0 unspecified atom stereocenters. The highest BCUT2D eigenvalue weighted by molar-refractivity contribution is 5.91. The summed E-state index contributed by atoms with van der Waals surface area (Å²) < 4.78 is 5.37. The van der Waals surface area contributed by atoms with E-state index in [1.165, 1.54) is 5.57 Å². The normalized spacial score (nSPS) is 33.5. The zero-order chi connectivity index (χ0) is 13.3. The molecule has 1 fully saturated rings. The van der Waals surface area contributed by atoms with Gasteiger partial charge in [-0.25, -0.2) is 4.79 Å². The maximum Gasteiger partial charge on any atom is 0.334 e. The van der Waals surface area contributed by atoms with Gasteiger partial charge in [-0.1, -0.05) is 19.1 Å². The Balaban J connectivity index is 2.13. The van der Waals surface area contributed by atoms with E-state index in [-0.39, 0.29) is 24.1 Å². The number of esters is 1. The van der Waals surface area contributed by atoms with Gasteiger partial charge in [0.05, 0.1) is 6.10 Å². The molecule has 1 aliphatic heterocycles. The van der Waals surface area contributed by atoms with Crippen LogP contribution in [0, 0.1) is 11.8 Å². The van der Waals surface area contributed by atoms with Gasteiger partial charge < -0.3 is 9.84 Å². The van der Waals surface area contributed by atoms with Crippen LogP contribution in [-0.2, 0) is 9.53 Å². The third kappa shape index (κ3) is 2.66. The third-order valence-corrected chi connectivity index (χ3v) is 4.12. The van der Waals surface area contributed by atoms with Gasteiger partial charge >= 0.3 is 5.97 Å². The lowest BCUT2D eigenvalue weighted by Gasteiger charge is -2.15. The van der Waals surface area contributed by atoms with Crippen molar-refractivity contribution in [3.05, 3.63) is 23.8 Å². The number of allylic oxidation sites excluding steroid dienone is 1. The molecule has 0 spiro atoms. The molecule has 0 bridgehead atoms. The summed E-state index contributed by atoms with van der Waals surface area (Å²) in [5, 5.41) is 9.38. The van der Waals surface area contributed by atoms with Crippen LogP contribution in [0.4, 0.5) is 0 Å². The second-order valence-corrected chi connectivity index (χ2v) is 5.61. The highest BCUT2D eigenvalue weighted by atomic mass is 16.5. The molecule has 1 aliphatic carbocycles. The molecule has 0 aromatic carbocycles. The van der Waals surface area contributed by atoms with Crippen LogP contribution in [-0.4, -0.2) is 23.3 Å². The molecule has 100 valence electrons. The molecule has 3 heteroatoms. The minimum absolute atomic E-state index is 0.126. The molecule has 18 heavy (non-hydrogen) atoms. The summed E-state index contributed by atoms with van der Waals surface area (Å²) >= 11 is 0. The van der Waals surface area contributed by atoms with Crippen LogP contribution in [0.15, 0.2) is 23.8 Å². The van der Waals surface area contributed by atoms with Gasteiger partial charge in [0, 0.05) is 11.5 Å². The lowest BCUT2D eigenvalue weighted by molar-refractivity contribution is -0.137. The second-order valence-electron chi connectivity index (χ2n) is 5.61. The smallest absolute Gasteiger partial charge is 0.334 e. The maximum atomic E-state index is 11.5. The molecular formula is C15H22O3. The molecule has 0 aromatic rings. The number of aliphatic hydroxyl groups excluding tert-OH is 1. The van der Waals surface area contributed by atoms with Gasteiger partial charge in [0.25, 0.3) is 0 Å². The summed E-state index contributed by atoms with van der Waals surface area (Å²) in [6.07, 6.45) is 5.36. The van der Waals surface area contributed by atoms with Crippen molar-refractivity contribution in [2.45, 2.75) is 51.7 Å². The fraction of sp³-hybridized carbons (Fsp3) is 0.667. The Hall–Kier alpha value is -1.09. The van der Waals surface area contributed by atoms with Gasteiger partial charge in [0.15, 0.2) is 0 Å². The van der Waals surface area contributed by atoms with Crippen LogP contribution in [0.2, 0.25) is 0 Å². The van der Waals surface area contributed by atoms with E-state index >= 15 is 0 Å². The van der Waals surface area contributed by atoms with E-state index < -0.39 is 0 Å². The number of ether oxygens (including phenoxy) is 1. The molecule has 0 amide bonds. The predicted molar refractivity (Wildman–Crippen MR) is 69.9 cm³/mol. The van der Waals surface area contributed by atoms with E-state index in [2.05, 4.69) is 19.6 Å². The Labute approximate surface area is 109 Å². The first-order valence-corrected chi connectivity index (χ1v) is 6.77. The van der Waals surface area contributed by atoms with Crippen LogP contribution >= 0.6 is 0 Å². The molecule has 0 saturated carbocycles. The van der Waals surface area contributed by atoms with Crippen molar-refractivity contribution in [2.75, 3.05) is 0 Å². The number of hydrogen-bond donors (Lipinski definition) is 1. The Bertz CT molecular complexity index is 381. The molecule has 0 aromatic heterocycles. The number of aliphatic hydroxyl groups is 1. The van der Waals surface area contributed by atoms with Crippen molar-refractivity contribution in [3.8, 4) is 0 Å². The maximum absolute atomic E-state index is 11.5. The van der Waals surface area contributed by atoms with E-state index in [1.807, 2.05) is 6.92 Å². The first kappa shape index (κ1) is 13.3. The van der Waals surface area contributed by atoms with Crippen LogP contribution in [0.5, 0.6) is 0 Å². The topological polar surface area (TPSA) is 46.5 Å². The Kier molecular flexibility index (Phi) is 3.91. The van der Waals surface area contributed by atoms with E-state index in [0.29, 0.717) is 11.5 Å². The van der Waals surface area contributed by atoms with Gasteiger partial charge in [-0.15, -0.1) is 0 Å². The van der Waals surface area contributed by atoms with Crippen LogP contribution in [0.1, 0.15) is 39.5 Å². The summed E-state index contributed by atoms with van der Waals surface area (Å²) in [5.41, 5.74) is 1.94. The lowest BCUT2D eigenvalue weighted by Crippen LogP contribution is -2.12. The summed E-state index contributed by atoms with van der Waals surface area (Å²) in [6.45, 7) is 7.86. The Morgan fingerprint density at radius 3 is 2.94 bits per heavy atom. The zero-order valence-corrected chi connectivity index (χ0v) is 11.2. The number of hydrogen-bond acceptors (Lipinski definition) is 3. The molecule has 3 nitrogen and oxygen atoms in total. The van der Waals surface area contributed by atoms with Crippen molar-refractivity contribution in [2.24, 2.45) is 11.8 Å². The molecular weight excluding hydrogens is 228 g/mol. The number of rotatable bonds is 3. The summed E-state index contributed by atoms with van der Waals surface area (Å²) in [5.74, 6) is 0.413. The molecule has 0 radical (unpaired) electrons. The summed E-state index contributed by atoms with van der Waals surface area (Å²) in [6, 6.07) is 0. The van der Waals surface area contributed by atoms with Gasteiger partial charge in [-0.3, -0.25) is 0 Å². The van der Waals surface area contributed by atoms with E-state index in [4.69, 9.17) is 4.74 Å². The van der Waals surface area contributed by atoms with Crippen LogP contribution < -0.4 is 0 Å². The number of fused-ring (bicyclic) bond motifs is 1. The lowest BCUT2D eigenvalue weighted by atomic mass is 9.91. The van der Waals surface area contributed by atoms with Gasteiger partial charge in [0.2, 0.25) is 0 Å². The Morgan fingerprint density at radius 1 is 1.56 bits per heavy atom. The minimum Gasteiger partial charge on any atom is -0.454 e. The molecule has 2 rings (SSSR count). The standard InChI is InChI=1S/C15H22O3/c1-9-4-7-13-11(3)15(17)18-14(13)8-12(9)6-5-10(2)16/h8-10,13-14,16H,3-7H2,1-2H3/t9-,10-,13-,14+/m0/s1. The first-order chi connectivity index (χ1) is 8.49. The van der Waals surface area contributed by atoms with Crippen LogP contribution in [0.3, 0.4) is 0 Å². The monoisotopic (exact) mass is 250 g/mol. The zero-order valence-electron chi connectivity index (χ0n) is 11.2. The van der Waals surface area contributed by atoms with E-state index in [1.54, 1.807) is 0 Å².